The summed E-state index contributed by atoms with van der Waals surface area (Å²) in [6.45, 7) is 21.1. The van der Waals surface area contributed by atoms with Crippen molar-refractivity contribution in [3.8, 4) is 0 Å². The largest absolute Gasteiger partial charge is 0.294 e. The van der Waals surface area contributed by atoms with Crippen LogP contribution < -0.4 is 0 Å². The van der Waals surface area contributed by atoms with Crippen LogP contribution in [-0.4, -0.2) is 5.78 Å². The van der Waals surface area contributed by atoms with Crippen molar-refractivity contribution in [2.45, 2.75) is 106 Å². The lowest BCUT2D eigenvalue weighted by Gasteiger charge is -2.65. The first-order chi connectivity index (χ1) is 14.4. The molecule has 0 bridgehead atoms. The molecule has 1 heteroatoms. The fraction of sp³-hybridized carbons (Fsp3) is 0.833. The van der Waals surface area contributed by atoms with Crippen molar-refractivity contribution < 1.29 is 4.79 Å². The normalized spacial score (nSPS) is 46.7. The molecule has 174 valence electrons. The number of allylic oxidation sites excluding steroid dienone is 3. The van der Waals surface area contributed by atoms with E-state index in [2.05, 4.69) is 61.1 Å². The maximum atomic E-state index is 12.7. The molecule has 4 rings (SSSR count). The maximum absolute atomic E-state index is 12.7. The molecule has 0 saturated heterocycles. The topological polar surface area (TPSA) is 17.1 Å². The molecule has 31 heavy (non-hydrogen) atoms. The number of hydrogen-bond donors (Lipinski definition) is 0. The first kappa shape index (κ1) is 23.3. The van der Waals surface area contributed by atoms with Gasteiger partial charge in [-0.15, -0.1) is 6.58 Å². The SMILES string of the molecule is C=C(C)CCCC(C)C1CCC2(C)C3CCC4C(C)(C)C(=O)C=CC4(C)C3CCC12C. The first-order valence-electron chi connectivity index (χ1n) is 13.3. The van der Waals surface area contributed by atoms with Crippen molar-refractivity contribution in [1.29, 1.82) is 0 Å². The van der Waals surface area contributed by atoms with E-state index < -0.39 is 0 Å². The molecular weight excluding hydrogens is 376 g/mol. The second-order valence-corrected chi connectivity index (χ2v) is 13.5. The summed E-state index contributed by atoms with van der Waals surface area (Å²) >= 11 is 0. The Kier molecular flexibility index (Phi) is 5.71. The fourth-order valence-corrected chi connectivity index (χ4v) is 9.70. The zero-order chi connectivity index (χ0) is 22.8. The predicted molar refractivity (Wildman–Crippen MR) is 132 cm³/mol. The number of carbonyl (C=O) groups excluding carboxylic acids is 1. The number of ketones is 1. The summed E-state index contributed by atoms with van der Waals surface area (Å²) < 4.78 is 0. The van der Waals surface area contributed by atoms with Gasteiger partial charge in [0.15, 0.2) is 5.78 Å². The van der Waals surface area contributed by atoms with Crippen molar-refractivity contribution in [2.75, 3.05) is 0 Å². The van der Waals surface area contributed by atoms with Crippen molar-refractivity contribution >= 4 is 5.78 Å². The van der Waals surface area contributed by atoms with E-state index in [1.165, 1.54) is 63.4 Å². The van der Waals surface area contributed by atoms with Gasteiger partial charge in [-0.3, -0.25) is 4.79 Å². The molecule has 4 aliphatic carbocycles. The summed E-state index contributed by atoms with van der Waals surface area (Å²) in [6, 6.07) is 0. The third-order valence-corrected chi connectivity index (χ3v) is 11.7. The Bertz CT molecular complexity index is 773. The summed E-state index contributed by atoms with van der Waals surface area (Å²) in [5.74, 6) is 4.10. The van der Waals surface area contributed by atoms with E-state index in [0.29, 0.717) is 22.5 Å². The second kappa shape index (κ2) is 7.59. The van der Waals surface area contributed by atoms with Crippen LogP contribution in [0.2, 0.25) is 0 Å². The highest BCUT2D eigenvalue weighted by Crippen LogP contribution is 2.73. The zero-order valence-corrected chi connectivity index (χ0v) is 21.5. The Morgan fingerprint density at radius 3 is 2.39 bits per heavy atom. The number of carbonyl (C=O) groups is 1. The fourth-order valence-electron chi connectivity index (χ4n) is 9.70. The van der Waals surface area contributed by atoms with E-state index in [1.807, 2.05) is 6.08 Å². The zero-order valence-electron chi connectivity index (χ0n) is 21.5. The number of hydrogen-bond acceptors (Lipinski definition) is 1. The molecule has 0 aromatic carbocycles. The molecule has 0 N–H and O–H groups in total. The minimum absolute atomic E-state index is 0.190. The molecule has 0 radical (unpaired) electrons. The van der Waals surface area contributed by atoms with Gasteiger partial charge in [0.2, 0.25) is 0 Å². The molecule has 3 fully saturated rings. The molecule has 0 spiro atoms. The molecule has 8 unspecified atom stereocenters. The molecule has 4 aliphatic rings. The quantitative estimate of drug-likeness (QED) is 0.405. The Labute approximate surface area is 192 Å². The molecule has 0 aromatic heterocycles. The van der Waals surface area contributed by atoms with Crippen molar-refractivity contribution in [3.63, 3.8) is 0 Å². The lowest BCUT2D eigenvalue weighted by Crippen LogP contribution is -2.59. The molecule has 0 aliphatic heterocycles. The van der Waals surface area contributed by atoms with E-state index in [-0.39, 0.29) is 10.8 Å². The van der Waals surface area contributed by atoms with Crippen LogP contribution in [0.3, 0.4) is 0 Å². The summed E-state index contributed by atoms with van der Waals surface area (Å²) in [4.78, 5) is 12.7. The summed E-state index contributed by atoms with van der Waals surface area (Å²) in [6.07, 6.45) is 16.3. The van der Waals surface area contributed by atoms with Crippen LogP contribution in [0, 0.1) is 51.2 Å². The van der Waals surface area contributed by atoms with Gasteiger partial charge in [-0.2, -0.15) is 0 Å². The van der Waals surface area contributed by atoms with Gasteiger partial charge in [-0.05, 0) is 110 Å². The number of fused-ring (bicyclic) bond motifs is 5. The Balaban J connectivity index is 1.59. The summed E-state index contributed by atoms with van der Waals surface area (Å²) in [7, 11) is 0. The molecule has 0 aromatic rings. The monoisotopic (exact) mass is 424 g/mol. The van der Waals surface area contributed by atoms with Crippen LogP contribution in [-0.2, 0) is 4.79 Å². The van der Waals surface area contributed by atoms with Crippen LogP contribution >= 0.6 is 0 Å². The maximum Gasteiger partial charge on any atom is 0.161 e. The molecule has 8 atom stereocenters. The standard InChI is InChI=1S/C30H48O/c1-20(2)10-9-11-21(3)22-14-18-30(8)24-12-13-25-27(4,5)26(31)16-17-28(25,6)23(24)15-19-29(22,30)7/h16-17,21-25H,1,9-15,18-19H2,2-8H3. The Morgan fingerprint density at radius 1 is 1.03 bits per heavy atom. The van der Waals surface area contributed by atoms with E-state index in [9.17, 15) is 4.79 Å². The summed E-state index contributed by atoms with van der Waals surface area (Å²) in [5, 5.41) is 0. The highest BCUT2D eigenvalue weighted by atomic mass is 16.1. The first-order valence-corrected chi connectivity index (χ1v) is 13.3. The third-order valence-electron chi connectivity index (χ3n) is 11.7. The average molecular weight is 425 g/mol. The molecule has 0 amide bonds. The van der Waals surface area contributed by atoms with E-state index in [1.54, 1.807) is 0 Å². The average Bonchev–Trinajstić information content (AvgIpc) is 2.96. The molecule has 0 heterocycles. The van der Waals surface area contributed by atoms with E-state index in [4.69, 9.17) is 0 Å². The van der Waals surface area contributed by atoms with Gasteiger partial charge in [0, 0.05) is 5.41 Å². The van der Waals surface area contributed by atoms with Gasteiger partial charge in [-0.25, -0.2) is 0 Å². The van der Waals surface area contributed by atoms with Gasteiger partial charge in [0.25, 0.3) is 0 Å². The van der Waals surface area contributed by atoms with Crippen LogP contribution in [0.5, 0.6) is 0 Å². The minimum Gasteiger partial charge on any atom is -0.294 e. The van der Waals surface area contributed by atoms with Crippen LogP contribution in [0.1, 0.15) is 106 Å². The van der Waals surface area contributed by atoms with Crippen LogP contribution in [0.25, 0.3) is 0 Å². The van der Waals surface area contributed by atoms with Gasteiger partial charge in [0.05, 0.1) is 0 Å². The highest BCUT2D eigenvalue weighted by Gasteiger charge is 2.66. The highest BCUT2D eigenvalue weighted by molar-refractivity contribution is 5.95. The molecular formula is C30H48O. The molecule has 1 nitrogen and oxygen atoms in total. The third kappa shape index (κ3) is 3.26. The Hall–Kier alpha value is -0.850. The van der Waals surface area contributed by atoms with Gasteiger partial charge < -0.3 is 0 Å². The van der Waals surface area contributed by atoms with Gasteiger partial charge >= 0.3 is 0 Å². The second-order valence-electron chi connectivity index (χ2n) is 13.5. The van der Waals surface area contributed by atoms with Crippen LogP contribution in [0.4, 0.5) is 0 Å². The van der Waals surface area contributed by atoms with Gasteiger partial charge in [0.1, 0.15) is 0 Å². The van der Waals surface area contributed by atoms with Crippen molar-refractivity contribution in [3.05, 3.63) is 24.3 Å². The lowest BCUT2D eigenvalue weighted by molar-refractivity contribution is -0.159. The van der Waals surface area contributed by atoms with E-state index >= 15 is 0 Å². The van der Waals surface area contributed by atoms with Crippen molar-refractivity contribution in [2.24, 2.45) is 51.2 Å². The minimum atomic E-state index is -0.202. The van der Waals surface area contributed by atoms with Gasteiger partial charge in [-0.1, -0.05) is 59.6 Å². The smallest absolute Gasteiger partial charge is 0.161 e. The lowest BCUT2D eigenvalue weighted by atomic mass is 9.39. The molecule has 3 saturated carbocycles. The van der Waals surface area contributed by atoms with Crippen molar-refractivity contribution in [1.82, 2.24) is 0 Å². The summed E-state index contributed by atoms with van der Waals surface area (Å²) in [5.41, 5.74) is 2.25. The Morgan fingerprint density at radius 2 is 1.71 bits per heavy atom. The van der Waals surface area contributed by atoms with Crippen LogP contribution in [0.15, 0.2) is 24.3 Å². The number of rotatable bonds is 5. The predicted octanol–water partition coefficient (Wildman–Crippen LogP) is 8.40. The van der Waals surface area contributed by atoms with E-state index in [0.717, 1.165) is 23.7 Å².